The van der Waals surface area contributed by atoms with Gasteiger partial charge in [-0.3, -0.25) is 0 Å². The second-order valence-corrected chi connectivity index (χ2v) is 5.49. The zero-order valence-corrected chi connectivity index (χ0v) is 9.99. The topological polar surface area (TPSA) is 0 Å². The van der Waals surface area contributed by atoms with Crippen molar-refractivity contribution in [2.75, 3.05) is 0 Å². The summed E-state index contributed by atoms with van der Waals surface area (Å²) in [5, 5.41) is 0. The van der Waals surface area contributed by atoms with Gasteiger partial charge < -0.3 is 0 Å². The van der Waals surface area contributed by atoms with E-state index in [-0.39, 0.29) is 0 Å². The van der Waals surface area contributed by atoms with Gasteiger partial charge in [-0.2, -0.15) is 0 Å². The van der Waals surface area contributed by atoms with Crippen LogP contribution in [0.15, 0.2) is 0 Å². The smallest absolute Gasteiger partial charge is 0.0326 e. The lowest BCUT2D eigenvalue weighted by molar-refractivity contribution is 0.319. The van der Waals surface area contributed by atoms with E-state index in [0.29, 0.717) is 5.41 Å². The molecule has 1 radical (unpaired) electrons. The van der Waals surface area contributed by atoms with E-state index < -0.39 is 0 Å². The molecular formula is C14H27. The van der Waals surface area contributed by atoms with Gasteiger partial charge >= 0.3 is 0 Å². The van der Waals surface area contributed by atoms with Crippen LogP contribution in [0.1, 0.15) is 77.6 Å². The van der Waals surface area contributed by atoms with Crippen molar-refractivity contribution in [3.63, 3.8) is 0 Å². The van der Waals surface area contributed by atoms with E-state index >= 15 is 0 Å². The van der Waals surface area contributed by atoms with E-state index in [4.69, 9.17) is 0 Å². The van der Waals surface area contributed by atoms with Crippen molar-refractivity contribution >= 4 is 0 Å². The van der Waals surface area contributed by atoms with Crippen LogP contribution in [0.5, 0.6) is 0 Å². The first-order valence-electron chi connectivity index (χ1n) is 6.56. The normalized spacial score (nSPS) is 26.1. The quantitative estimate of drug-likeness (QED) is 0.502. The highest BCUT2D eigenvalue weighted by Crippen LogP contribution is 2.30. The zero-order valence-electron chi connectivity index (χ0n) is 9.99. The molecule has 1 aliphatic rings. The van der Waals surface area contributed by atoms with Crippen LogP contribution < -0.4 is 0 Å². The summed E-state index contributed by atoms with van der Waals surface area (Å²) in [4.78, 5) is 0. The molecule has 0 heterocycles. The predicted molar refractivity (Wildman–Crippen MR) is 64.3 cm³/mol. The molecule has 1 rings (SSSR count). The maximum absolute atomic E-state index is 4.36. The van der Waals surface area contributed by atoms with E-state index in [9.17, 15) is 0 Å². The Hall–Kier alpha value is 0. The molecule has 0 aromatic carbocycles. The van der Waals surface area contributed by atoms with E-state index in [2.05, 4.69) is 13.8 Å². The Morgan fingerprint density at radius 3 is 1.29 bits per heavy atom. The molecular weight excluding hydrogens is 168 g/mol. The summed E-state index contributed by atoms with van der Waals surface area (Å²) in [6.07, 6.45) is 15.7. The summed E-state index contributed by atoms with van der Waals surface area (Å²) in [6.45, 7) is 6.70. The van der Waals surface area contributed by atoms with E-state index in [0.717, 1.165) is 0 Å². The van der Waals surface area contributed by atoms with Gasteiger partial charge in [-0.15, -0.1) is 0 Å². The Kier molecular flexibility index (Phi) is 5.59. The first kappa shape index (κ1) is 12.1. The second-order valence-electron chi connectivity index (χ2n) is 5.49. The maximum Gasteiger partial charge on any atom is -0.0326 e. The monoisotopic (exact) mass is 195 g/mol. The van der Waals surface area contributed by atoms with Crippen molar-refractivity contribution in [3.05, 3.63) is 6.92 Å². The number of hydrogen-bond acceptors (Lipinski definition) is 0. The van der Waals surface area contributed by atoms with E-state index in [1.54, 1.807) is 0 Å². The minimum absolute atomic E-state index is 0.374. The van der Waals surface area contributed by atoms with Crippen LogP contribution in [0.4, 0.5) is 0 Å². The lowest BCUT2D eigenvalue weighted by atomic mass is 9.81. The summed E-state index contributed by atoms with van der Waals surface area (Å²) in [5.41, 5.74) is 0.374. The molecule has 0 aliphatic heterocycles. The minimum atomic E-state index is 0.374. The predicted octanol–water partition coefficient (Wildman–Crippen LogP) is 5.13. The highest BCUT2D eigenvalue weighted by molar-refractivity contribution is 4.76. The summed E-state index contributed by atoms with van der Waals surface area (Å²) >= 11 is 0. The summed E-state index contributed by atoms with van der Waals surface area (Å²) in [5.74, 6) is 0. The van der Waals surface area contributed by atoms with Gasteiger partial charge in [-0.25, -0.2) is 0 Å². The maximum atomic E-state index is 4.36. The highest BCUT2D eigenvalue weighted by Gasteiger charge is 2.16. The summed E-state index contributed by atoms with van der Waals surface area (Å²) in [7, 11) is 0. The average molecular weight is 195 g/mol. The fourth-order valence-corrected chi connectivity index (χ4v) is 2.47. The molecule has 0 aromatic heterocycles. The van der Waals surface area contributed by atoms with Gasteiger partial charge in [0, 0.05) is 0 Å². The van der Waals surface area contributed by atoms with Crippen molar-refractivity contribution in [1.29, 1.82) is 0 Å². The first-order chi connectivity index (χ1) is 6.71. The SMILES string of the molecule is [CH2]C1(C)CCCCCCCCCCC1. The Labute approximate surface area is 90.5 Å². The Balaban J connectivity index is 2.24. The van der Waals surface area contributed by atoms with Crippen LogP contribution in [0.25, 0.3) is 0 Å². The summed E-state index contributed by atoms with van der Waals surface area (Å²) in [6, 6.07) is 0. The second kappa shape index (κ2) is 6.48. The average Bonchev–Trinajstić information content (AvgIpc) is 2.11. The Morgan fingerprint density at radius 2 is 0.929 bits per heavy atom. The van der Waals surface area contributed by atoms with E-state index in [1.807, 2.05) is 0 Å². The number of hydrogen-bond donors (Lipinski definition) is 0. The molecule has 14 heavy (non-hydrogen) atoms. The molecule has 0 unspecified atom stereocenters. The third-order valence-electron chi connectivity index (χ3n) is 3.56. The molecule has 0 nitrogen and oxygen atoms in total. The lowest BCUT2D eigenvalue weighted by Gasteiger charge is -2.24. The summed E-state index contributed by atoms with van der Waals surface area (Å²) < 4.78 is 0. The minimum Gasteiger partial charge on any atom is -0.0596 e. The highest BCUT2D eigenvalue weighted by atomic mass is 14.2. The molecule has 83 valence electrons. The third kappa shape index (κ3) is 5.67. The molecule has 1 fully saturated rings. The molecule has 0 bridgehead atoms. The van der Waals surface area contributed by atoms with E-state index in [1.165, 1.54) is 70.6 Å². The van der Waals surface area contributed by atoms with Crippen LogP contribution in [0.2, 0.25) is 0 Å². The molecule has 0 spiro atoms. The van der Waals surface area contributed by atoms with Gasteiger partial charge in [0.05, 0.1) is 0 Å². The van der Waals surface area contributed by atoms with Crippen molar-refractivity contribution in [3.8, 4) is 0 Å². The van der Waals surface area contributed by atoms with Gasteiger partial charge in [0.15, 0.2) is 0 Å². The van der Waals surface area contributed by atoms with Crippen molar-refractivity contribution in [1.82, 2.24) is 0 Å². The van der Waals surface area contributed by atoms with Crippen molar-refractivity contribution in [2.45, 2.75) is 77.6 Å². The van der Waals surface area contributed by atoms with Crippen LogP contribution in [0, 0.1) is 12.3 Å². The Morgan fingerprint density at radius 1 is 0.643 bits per heavy atom. The molecule has 0 N–H and O–H groups in total. The van der Waals surface area contributed by atoms with Crippen LogP contribution in [0.3, 0.4) is 0 Å². The third-order valence-corrected chi connectivity index (χ3v) is 3.56. The molecule has 0 heteroatoms. The Bertz CT molecular complexity index is 121. The molecule has 0 amide bonds. The standard InChI is InChI=1S/C14H27/c1-14(2)12-10-8-6-4-3-5-7-9-11-13-14/h1,3-13H2,2H3. The van der Waals surface area contributed by atoms with Gasteiger partial charge in [-0.1, -0.05) is 64.7 Å². The lowest BCUT2D eigenvalue weighted by Crippen LogP contribution is -2.11. The first-order valence-corrected chi connectivity index (χ1v) is 6.56. The van der Waals surface area contributed by atoms with Gasteiger partial charge in [-0.05, 0) is 25.2 Å². The molecule has 1 saturated carbocycles. The van der Waals surface area contributed by atoms with Crippen LogP contribution >= 0.6 is 0 Å². The largest absolute Gasteiger partial charge is 0.0596 e. The fourth-order valence-electron chi connectivity index (χ4n) is 2.47. The van der Waals surface area contributed by atoms with Crippen molar-refractivity contribution < 1.29 is 0 Å². The molecule has 0 aromatic rings. The van der Waals surface area contributed by atoms with Gasteiger partial charge in [0.2, 0.25) is 0 Å². The fraction of sp³-hybridized carbons (Fsp3) is 0.929. The molecule has 0 atom stereocenters. The number of rotatable bonds is 0. The zero-order chi connectivity index (χ0) is 10.3. The van der Waals surface area contributed by atoms with Crippen molar-refractivity contribution in [2.24, 2.45) is 5.41 Å². The molecule has 0 saturated heterocycles. The van der Waals surface area contributed by atoms with Crippen LogP contribution in [-0.2, 0) is 0 Å². The van der Waals surface area contributed by atoms with Gasteiger partial charge in [0.1, 0.15) is 0 Å². The van der Waals surface area contributed by atoms with Crippen LogP contribution in [-0.4, -0.2) is 0 Å². The molecule has 1 aliphatic carbocycles. The van der Waals surface area contributed by atoms with Gasteiger partial charge in [0.25, 0.3) is 0 Å².